The molecule has 1 aromatic carbocycles. The van der Waals surface area contributed by atoms with Crippen LogP contribution in [0.1, 0.15) is 40.2 Å². The molecule has 0 heterocycles. The van der Waals surface area contributed by atoms with Gasteiger partial charge in [-0.25, -0.2) is 9.80 Å². The predicted molar refractivity (Wildman–Crippen MR) is 92.0 cm³/mol. The summed E-state index contributed by atoms with van der Waals surface area (Å²) in [5.74, 6) is -0.141. The molecule has 1 N–H and O–H groups in total. The van der Waals surface area contributed by atoms with E-state index in [1.165, 1.54) is 5.01 Å². The van der Waals surface area contributed by atoms with E-state index in [9.17, 15) is 9.59 Å². The molecule has 0 aliphatic heterocycles. The molecule has 1 amide bonds. The Morgan fingerprint density at radius 3 is 2.33 bits per heavy atom. The van der Waals surface area contributed by atoms with Gasteiger partial charge in [-0.3, -0.25) is 10.2 Å². The summed E-state index contributed by atoms with van der Waals surface area (Å²) in [6.07, 6.45) is -0.584. The highest BCUT2D eigenvalue weighted by Crippen LogP contribution is 2.07. The van der Waals surface area contributed by atoms with Crippen LogP contribution in [0.15, 0.2) is 30.3 Å². The maximum Gasteiger partial charge on any atom is 0.422 e. The third-order valence-electron chi connectivity index (χ3n) is 2.80. The van der Waals surface area contributed by atoms with Crippen LogP contribution < -0.4 is 5.43 Å². The van der Waals surface area contributed by atoms with E-state index in [4.69, 9.17) is 9.47 Å². The van der Waals surface area contributed by atoms with Crippen LogP contribution in [0, 0.1) is 5.92 Å². The minimum atomic E-state index is -0.596. The fourth-order valence-electron chi connectivity index (χ4n) is 1.96. The SMILES string of the molecule is CC(C)CN(CC(=O)OCc1ccccc1)NC(=O)OC(C)(C)C. The third kappa shape index (κ3) is 9.15. The van der Waals surface area contributed by atoms with E-state index in [2.05, 4.69) is 5.43 Å². The van der Waals surface area contributed by atoms with Crippen molar-refractivity contribution in [2.75, 3.05) is 13.1 Å². The number of ether oxygens (including phenoxy) is 2. The average Bonchev–Trinajstić information content (AvgIpc) is 2.43. The maximum atomic E-state index is 12.0. The summed E-state index contributed by atoms with van der Waals surface area (Å²) in [6.45, 7) is 10.0. The minimum Gasteiger partial charge on any atom is -0.460 e. The zero-order valence-corrected chi connectivity index (χ0v) is 15.2. The summed E-state index contributed by atoms with van der Waals surface area (Å²) in [7, 11) is 0. The molecule has 0 spiro atoms. The number of amides is 1. The Morgan fingerprint density at radius 1 is 1.17 bits per heavy atom. The van der Waals surface area contributed by atoms with Gasteiger partial charge >= 0.3 is 12.1 Å². The minimum absolute atomic E-state index is 0.0374. The van der Waals surface area contributed by atoms with Crippen LogP contribution in [0.4, 0.5) is 4.79 Å². The Balaban J connectivity index is 2.52. The number of carbonyl (C=O) groups is 2. The maximum absolute atomic E-state index is 12.0. The number of hydrogen-bond acceptors (Lipinski definition) is 5. The molecule has 0 fully saturated rings. The smallest absolute Gasteiger partial charge is 0.422 e. The Bertz CT molecular complexity index is 524. The van der Waals surface area contributed by atoms with Crippen LogP contribution >= 0.6 is 0 Å². The highest BCUT2D eigenvalue weighted by molar-refractivity contribution is 5.73. The fraction of sp³-hybridized carbons (Fsp3) is 0.556. The van der Waals surface area contributed by atoms with Crippen molar-refractivity contribution in [1.29, 1.82) is 0 Å². The van der Waals surface area contributed by atoms with E-state index in [-0.39, 0.29) is 19.1 Å². The first kappa shape index (κ1) is 20.0. The van der Waals surface area contributed by atoms with Gasteiger partial charge < -0.3 is 9.47 Å². The predicted octanol–water partition coefficient (Wildman–Crippen LogP) is 3.13. The van der Waals surface area contributed by atoms with Gasteiger partial charge in [-0.05, 0) is 32.3 Å². The summed E-state index contributed by atoms with van der Waals surface area (Å²) in [5.41, 5.74) is 2.93. The van der Waals surface area contributed by atoms with Gasteiger partial charge in [-0.1, -0.05) is 44.2 Å². The van der Waals surface area contributed by atoms with Crippen LogP contribution in [0.2, 0.25) is 0 Å². The first-order chi connectivity index (χ1) is 11.2. The van der Waals surface area contributed by atoms with Crippen LogP contribution in [0.5, 0.6) is 0 Å². The molecule has 0 aliphatic carbocycles. The number of benzene rings is 1. The molecule has 0 bridgehead atoms. The molecule has 0 aromatic heterocycles. The number of hydrogen-bond donors (Lipinski definition) is 1. The molecule has 0 atom stereocenters. The van der Waals surface area contributed by atoms with Crippen molar-refractivity contribution in [1.82, 2.24) is 10.4 Å². The van der Waals surface area contributed by atoms with Crippen molar-refractivity contribution < 1.29 is 19.1 Å². The van der Waals surface area contributed by atoms with E-state index in [0.717, 1.165) is 5.56 Å². The fourth-order valence-corrected chi connectivity index (χ4v) is 1.96. The van der Waals surface area contributed by atoms with Gasteiger partial charge in [0.2, 0.25) is 0 Å². The van der Waals surface area contributed by atoms with Gasteiger partial charge in [0.1, 0.15) is 18.8 Å². The van der Waals surface area contributed by atoms with Crippen molar-refractivity contribution >= 4 is 12.1 Å². The molecule has 134 valence electrons. The Kier molecular flexibility index (Phi) is 7.71. The molecule has 6 heteroatoms. The van der Waals surface area contributed by atoms with Gasteiger partial charge in [-0.2, -0.15) is 0 Å². The summed E-state index contributed by atoms with van der Waals surface area (Å²) in [6, 6.07) is 9.45. The van der Waals surface area contributed by atoms with Crippen molar-refractivity contribution in [3.63, 3.8) is 0 Å². The van der Waals surface area contributed by atoms with E-state index < -0.39 is 17.7 Å². The molecule has 0 saturated heterocycles. The second kappa shape index (κ2) is 9.27. The van der Waals surface area contributed by atoms with Crippen molar-refractivity contribution in [2.45, 2.75) is 46.8 Å². The highest BCUT2D eigenvalue weighted by atomic mass is 16.6. The number of esters is 1. The molecule has 24 heavy (non-hydrogen) atoms. The van der Waals surface area contributed by atoms with Gasteiger partial charge in [0.15, 0.2) is 0 Å². The van der Waals surface area contributed by atoms with Gasteiger partial charge in [0, 0.05) is 6.54 Å². The molecular weight excluding hydrogens is 308 g/mol. The lowest BCUT2D eigenvalue weighted by atomic mass is 10.2. The van der Waals surface area contributed by atoms with E-state index in [1.807, 2.05) is 44.2 Å². The van der Waals surface area contributed by atoms with Crippen LogP contribution in [0.3, 0.4) is 0 Å². The molecule has 1 aromatic rings. The van der Waals surface area contributed by atoms with Crippen molar-refractivity contribution in [2.24, 2.45) is 5.92 Å². The van der Waals surface area contributed by atoms with Crippen LogP contribution in [-0.4, -0.2) is 35.8 Å². The van der Waals surface area contributed by atoms with Crippen LogP contribution in [-0.2, 0) is 20.9 Å². The molecule has 0 radical (unpaired) electrons. The lowest BCUT2D eigenvalue weighted by Crippen LogP contribution is -2.48. The number of nitrogens with zero attached hydrogens (tertiary/aromatic N) is 1. The number of nitrogens with one attached hydrogen (secondary N) is 1. The Hall–Kier alpha value is -2.08. The molecule has 0 aliphatic rings. The van der Waals surface area contributed by atoms with Crippen LogP contribution in [0.25, 0.3) is 0 Å². The topological polar surface area (TPSA) is 67.9 Å². The summed E-state index contributed by atoms with van der Waals surface area (Å²) < 4.78 is 10.5. The summed E-state index contributed by atoms with van der Waals surface area (Å²) >= 11 is 0. The molecular formula is C18H28N2O4. The molecule has 6 nitrogen and oxygen atoms in total. The second-order valence-corrected chi connectivity index (χ2v) is 7.03. The summed E-state index contributed by atoms with van der Waals surface area (Å²) in [5, 5.41) is 1.52. The zero-order chi connectivity index (χ0) is 18.2. The normalized spacial score (nSPS) is 11.5. The van der Waals surface area contributed by atoms with Crippen molar-refractivity contribution in [3.05, 3.63) is 35.9 Å². The Morgan fingerprint density at radius 2 is 1.79 bits per heavy atom. The first-order valence-corrected chi connectivity index (χ1v) is 8.10. The van der Waals surface area contributed by atoms with Gasteiger partial charge in [0.25, 0.3) is 0 Å². The number of rotatable bonds is 7. The Labute approximate surface area is 144 Å². The van der Waals surface area contributed by atoms with E-state index >= 15 is 0 Å². The second-order valence-electron chi connectivity index (χ2n) is 7.03. The average molecular weight is 336 g/mol. The van der Waals surface area contributed by atoms with Gasteiger partial charge in [0.05, 0.1) is 0 Å². The van der Waals surface area contributed by atoms with E-state index in [0.29, 0.717) is 6.54 Å². The molecule has 0 unspecified atom stereocenters. The standard InChI is InChI=1S/C18H28N2O4/c1-14(2)11-20(19-17(22)24-18(3,4)5)12-16(21)23-13-15-9-7-6-8-10-15/h6-10,14H,11-13H2,1-5H3,(H,19,22). The van der Waals surface area contributed by atoms with E-state index in [1.54, 1.807) is 20.8 Å². The highest BCUT2D eigenvalue weighted by Gasteiger charge is 2.20. The lowest BCUT2D eigenvalue weighted by Gasteiger charge is -2.26. The lowest BCUT2D eigenvalue weighted by molar-refractivity contribution is -0.147. The van der Waals surface area contributed by atoms with Gasteiger partial charge in [-0.15, -0.1) is 0 Å². The van der Waals surface area contributed by atoms with Crippen molar-refractivity contribution in [3.8, 4) is 0 Å². The number of carbonyl (C=O) groups excluding carboxylic acids is 2. The summed E-state index contributed by atoms with van der Waals surface area (Å²) in [4.78, 5) is 23.9. The molecule has 1 rings (SSSR count). The number of hydrazine groups is 1. The quantitative estimate of drug-likeness (QED) is 0.612. The monoisotopic (exact) mass is 336 g/mol. The third-order valence-corrected chi connectivity index (χ3v) is 2.80. The first-order valence-electron chi connectivity index (χ1n) is 8.10. The molecule has 0 saturated carbocycles. The zero-order valence-electron chi connectivity index (χ0n) is 15.2. The largest absolute Gasteiger partial charge is 0.460 e.